The number of benzene rings is 1. The van der Waals surface area contributed by atoms with E-state index in [0.29, 0.717) is 11.4 Å². The van der Waals surface area contributed by atoms with Crippen LogP contribution in [0.2, 0.25) is 0 Å². The lowest BCUT2D eigenvalue weighted by molar-refractivity contribution is 0.265. The predicted molar refractivity (Wildman–Crippen MR) is 122 cm³/mol. The molecule has 0 bridgehead atoms. The van der Waals surface area contributed by atoms with Crippen LogP contribution >= 0.6 is 0 Å². The van der Waals surface area contributed by atoms with Crippen LogP contribution in [-0.4, -0.2) is 28.9 Å². The lowest BCUT2D eigenvalue weighted by Gasteiger charge is -2.29. The van der Waals surface area contributed by atoms with Crippen molar-refractivity contribution in [3.63, 3.8) is 0 Å². The van der Waals surface area contributed by atoms with Crippen LogP contribution in [0.5, 0.6) is 0 Å². The summed E-state index contributed by atoms with van der Waals surface area (Å²) in [7, 11) is 0. The molecule has 1 aromatic heterocycles. The molecule has 1 atom stereocenters. The van der Waals surface area contributed by atoms with Crippen molar-refractivity contribution < 1.29 is 0 Å². The fourth-order valence-electron chi connectivity index (χ4n) is 3.89. The summed E-state index contributed by atoms with van der Waals surface area (Å²) in [4.78, 5) is 11.4. The number of nitriles is 2. The molecule has 9 nitrogen and oxygen atoms in total. The summed E-state index contributed by atoms with van der Waals surface area (Å²) < 4.78 is 0. The second-order valence-electron chi connectivity index (χ2n) is 7.38. The molecule has 1 aromatic carbocycles. The third-order valence-corrected chi connectivity index (χ3v) is 5.18. The highest BCUT2D eigenvalue weighted by atomic mass is 15.2. The average molecular weight is 418 g/mol. The number of anilines is 3. The van der Waals surface area contributed by atoms with Crippen molar-refractivity contribution in [1.82, 2.24) is 15.2 Å². The number of guanidine groups is 1. The van der Waals surface area contributed by atoms with Gasteiger partial charge in [-0.25, -0.2) is 9.98 Å². The van der Waals surface area contributed by atoms with Gasteiger partial charge >= 0.3 is 0 Å². The molecule has 9 heteroatoms. The Labute approximate surface area is 182 Å². The average Bonchev–Trinajstić information content (AvgIpc) is 2.74. The summed E-state index contributed by atoms with van der Waals surface area (Å²) in [6, 6.07) is 9.53. The summed E-state index contributed by atoms with van der Waals surface area (Å²) >= 11 is 0. The highest BCUT2D eigenvalue weighted by molar-refractivity contribution is 5.98. The smallest absolute Gasteiger partial charge is 0.211 e. The van der Waals surface area contributed by atoms with E-state index in [1.54, 1.807) is 0 Å². The topological polar surface area (TPSA) is 152 Å². The van der Waals surface area contributed by atoms with Gasteiger partial charge in [-0.15, -0.1) is 0 Å². The van der Waals surface area contributed by atoms with E-state index in [4.69, 9.17) is 21.7 Å². The largest absolute Gasteiger partial charge is 0.397 e. The number of nitrogens with two attached hydrogens (primary N) is 2. The van der Waals surface area contributed by atoms with E-state index in [1.165, 1.54) is 0 Å². The Kier molecular flexibility index (Phi) is 6.91. The Balaban J connectivity index is 2.15. The van der Waals surface area contributed by atoms with E-state index < -0.39 is 6.04 Å². The minimum atomic E-state index is -0.534. The van der Waals surface area contributed by atoms with E-state index in [0.717, 1.165) is 43.6 Å². The van der Waals surface area contributed by atoms with Gasteiger partial charge in [-0.05, 0) is 37.1 Å². The van der Waals surface area contributed by atoms with Gasteiger partial charge in [0.15, 0.2) is 6.19 Å². The number of nitrogen functional groups attached to an aromatic ring is 2. The first-order chi connectivity index (χ1) is 15.0. The Hall–Kier alpha value is -3.82. The molecule has 1 aliphatic rings. The molecule has 160 valence electrons. The fraction of sp³-hybridized carbons (Fsp3) is 0.364. The molecular formula is C22H27N9. The molecule has 0 spiro atoms. The minimum Gasteiger partial charge on any atom is -0.397 e. The molecule has 2 aromatic rings. The summed E-state index contributed by atoms with van der Waals surface area (Å²) in [6.45, 7) is 7.09. The van der Waals surface area contributed by atoms with E-state index in [1.807, 2.05) is 30.5 Å². The SMILES string of the molecule is CCCN(CCC)Cc1ccccc1C1N=C(NC#N)Nc2nc(N)c(C#N)c(N)c21. The molecule has 31 heavy (non-hydrogen) atoms. The van der Waals surface area contributed by atoms with E-state index >= 15 is 0 Å². The second-order valence-corrected chi connectivity index (χ2v) is 7.38. The van der Waals surface area contributed by atoms with Crippen LogP contribution in [0.25, 0.3) is 0 Å². The first-order valence-corrected chi connectivity index (χ1v) is 10.3. The summed E-state index contributed by atoms with van der Waals surface area (Å²) in [6.07, 6.45) is 4.01. The molecule has 0 fully saturated rings. The van der Waals surface area contributed by atoms with Crippen LogP contribution in [0.3, 0.4) is 0 Å². The Bertz CT molecular complexity index is 1060. The quantitative estimate of drug-likeness (QED) is 0.396. The van der Waals surface area contributed by atoms with Gasteiger partial charge in [0.1, 0.15) is 29.3 Å². The Morgan fingerprint density at radius 3 is 2.52 bits per heavy atom. The zero-order chi connectivity index (χ0) is 22.4. The molecule has 1 unspecified atom stereocenters. The van der Waals surface area contributed by atoms with Gasteiger partial charge in [-0.2, -0.15) is 10.5 Å². The van der Waals surface area contributed by atoms with Crippen molar-refractivity contribution in [2.75, 3.05) is 29.9 Å². The van der Waals surface area contributed by atoms with Gasteiger partial charge < -0.3 is 16.8 Å². The van der Waals surface area contributed by atoms with Gasteiger partial charge in [0.2, 0.25) is 5.96 Å². The summed E-state index contributed by atoms with van der Waals surface area (Å²) in [5, 5.41) is 24.1. The molecule has 6 N–H and O–H groups in total. The van der Waals surface area contributed by atoms with Gasteiger partial charge in [-0.3, -0.25) is 10.2 Å². The maximum atomic E-state index is 9.52. The van der Waals surface area contributed by atoms with Gasteiger partial charge in [-0.1, -0.05) is 38.1 Å². The lowest BCUT2D eigenvalue weighted by atomic mass is 9.91. The predicted octanol–water partition coefficient (Wildman–Crippen LogP) is 2.68. The zero-order valence-corrected chi connectivity index (χ0v) is 17.8. The standard InChI is InChI=1S/C22H27N9/c1-3-9-31(10-4-2)12-14-7-5-6-8-15(14)19-17-18(25)16(11-23)20(26)29-21(17)30-22(28-19)27-13-24/h5-8,19H,3-4,9-10,12H2,1-2H3,(H6,25,26,27,28,29,30). The van der Waals surface area contributed by atoms with Crippen LogP contribution in [0.15, 0.2) is 29.3 Å². The van der Waals surface area contributed by atoms with Crippen LogP contribution < -0.4 is 22.1 Å². The van der Waals surface area contributed by atoms with Crippen LogP contribution in [-0.2, 0) is 6.54 Å². The van der Waals surface area contributed by atoms with E-state index in [2.05, 4.69) is 40.4 Å². The van der Waals surface area contributed by atoms with Crippen molar-refractivity contribution in [3.05, 3.63) is 46.5 Å². The fourth-order valence-corrected chi connectivity index (χ4v) is 3.89. The number of nitrogens with zero attached hydrogens (tertiary/aromatic N) is 5. The number of fused-ring (bicyclic) bond motifs is 1. The van der Waals surface area contributed by atoms with Crippen molar-refractivity contribution in [1.29, 1.82) is 10.5 Å². The maximum Gasteiger partial charge on any atom is 0.211 e. The zero-order valence-electron chi connectivity index (χ0n) is 17.8. The van der Waals surface area contributed by atoms with Crippen LogP contribution in [0.4, 0.5) is 17.3 Å². The number of nitrogens with one attached hydrogen (secondary N) is 2. The third-order valence-electron chi connectivity index (χ3n) is 5.18. The van der Waals surface area contributed by atoms with Crippen LogP contribution in [0, 0.1) is 22.8 Å². The number of aromatic nitrogens is 1. The lowest BCUT2D eigenvalue weighted by Crippen LogP contribution is -2.33. The second kappa shape index (κ2) is 9.79. The van der Waals surface area contributed by atoms with Crippen molar-refractivity contribution in [2.45, 2.75) is 39.3 Å². The van der Waals surface area contributed by atoms with E-state index in [-0.39, 0.29) is 23.0 Å². The molecule has 0 saturated carbocycles. The molecule has 2 heterocycles. The highest BCUT2D eigenvalue weighted by Gasteiger charge is 2.31. The molecule has 0 radical (unpaired) electrons. The molecule has 1 aliphatic heterocycles. The van der Waals surface area contributed by atoms with Gasteiger partial charge in [0.05, 0.1) is 5.69 Å². The number of rotatable bonds is 7. The molecular weight excluding hydrogens is 390 g/mol. The maximum absolute atomic E-state index is 9.52. The minimum absolute atomic E-state index is 0.0357. The molecule has 0 amide bonds. The number of aliphatic imine (C=N–C) groups is 1. The summed E-state index contributed by atoms with van der Waals surface area (Å²) in [5.41, 5.74) is 15.3. The number of hydrogen-bond donors (Lipinski definition) is 4. The highest BCUT2D eigenvalue weighted by Crippen LogP contribution is 2.41. The normalized spacial score (nSPS) is 14.7. The van der Waals surface area contributed by atoms with Crippen molar-refractivity contribution in [3.8, 4) is 12.3 Å². The number of hydrogen-bond acceptors (Lipinski definition) is 9. The molecule has 0 saturated heterocycles. The monoisotopic (exact) mass is 417 g/mol. The molecule has 3 rings (SSSR count). The summed E-state index contributed by atoms with van der Waals surface area (Å²) in [5.74, 6) is 0.680. The van der Waals surface area contributed by atoms with E-state index in [9.17, 15) is 5.26 Å². The third kappa shape index (κ3) is 4.52. The number of pyridine rings is 1. The first kappa shape index (κ1) is 21.9. The van der Waals surface area contributed by atoms with Crippen molar-refractivity contribution in [2.24, 2.45) is 4.99 Å². The Morgan fingerprint density at radius 1 is 1.16 bits per heavy atom. The van der Waals surface area contributed by atoms with Crippen LogP contribution in [0.1, 0.15) is 55.0 Å². The molecule has 0 aliphatic carbocycles. The first-order valence-electron chi connectivity index (χ1n) is 10.3. The van der Waals surface area contributed by atoms with Gasteiger partial charge in [0.25, 0.3) is 0 Å². The Morgan fingerprint density at radius 2 is 1.87 bits per heavy atom. The van der Waals surface area contributed by atoms with Gasteiger partial charge in [0, 0.05) is 12.1 Å². The van der Waals surface area contributed by atoms with Crippen molar-refractivity contribution >= 4 is 23.3 Å².